The Morgan fingerprint density at radius 3 is 3.00 bits per heavy atom. The summed E-state index contributed by atoms with van der Waals surface area (Å²) in [6.07, 6.45) is 6.52. The number of pyridine rings is 1. The quantitative estimate of drug-likeness (QED) is 0.887. The Labute approximate surface area is 111 Å². The zero-order valence-corrected chi connectivity index (χ0v) is 11.9. The third-order valence-electron chi connectivity index (χ3n) is 3.69. The molecule has 0 amide bonds. The first kappa shape index (κ1) is 13.3. The highest BCUT2D eigenvalue weighted by Gasteiger charge is 2.27. The van der Waals surface area contributed by atoms with Gasteiger partial charge >= 0.3 is 0 Å². The van der Waals surface area contributed by atoms with Crippen LogP contribution in [0.2, 0.25) is 0 Å². The standard InChI is InChI=1S/C15H25N3/c1-4-16-10-13-6-8-17-11-14(13)18-9-5-7-15(2,3)12-18/h6,8,11,16H,4-5,7,9-10,12H2,1-3H3. The smallest absolute Gasteiger partial charge is 0.0598 e. The van der Waals surface area contributed by atoms with Crippen LogP contribution in [0.25, 0.3) is 0 Å². The molecule has 2 rings (SSSR count). The number of nitrogens with zero attached hydrogens (tertiary/aromatic N) is 2. The fraction of sp³-hybridized carbons (Fsp3) is 0.667. The summed E-state index contributed by atoms with van der Waals surface area (Å²) < 4.78 is 0. The molecule has 1 aromatic rings. The van der Waals surface area contributed by atoms with E-state index in [0.717, 1.165) is 26.2 Å². The van der Waals surface area contributed by atoms with E-state index in [2.05, 4.69) is 42.0 Å². The summed E-state index contributed by atoms with van der Waals surface area (Å²) in [4.78, 5) is 6.81. The topological polar surface area (TPSA) is 28.2 Å². The minimum atomic E-state index is 0.420. The van der Waals surface area contributed by atoms with Crippen molar-refractivity contribution in [2.24, 2.45) is 5.41 Å². The third-order valence-corrected chi connectivity index (χ3v) is 3.69. The van der Waals surface area contributed by atoms with Crippen molar-refractivity contribution in [3.8, 4) is 0 Å². The number of anilines is 1. The first-order valence-electron chi connectivity index (χ1n) is 7.01. The molecule has 1 fully saturated rings. The molecule has 1 aromatic heterocycles. The molecule has 18 heavy (non-hydrogen) atoms. The van der Waals surface area contributed by atoms with Crippen molar-refractivity contribution in [3.05, 3.63) is 24.0 Å². The number of hydrogen-bond donors (Lipinski definition) is 1. The maximum atomic E-state index is 4.31. The highest BCUT2D eigenvalue weighted by atomic mass is 15.2. The van der Waals surface area contributed by atoms with Crippen LogP contribution >= 0.6 is 0 Å². The molecular weight excluding hydrogens is 222 g/mol. The van der Waals surface area contributed by atoms with Crippen LogP contribution in [-0.4, -0.2) is 24.6 Å². The van der Waals surface area contributed by atoms with Gasteiger partial charge in [-0.1, -0.05) is 20.8 Å². The minimum absolute atomic E-state index is 0.420. The molecule has 2 heterocycles. The summed E-state index contributed by atoms with van der Waals surface area (Å²) in [7, 11) is 0. The second-order valence-electron chi connectivity index (χ2n) is 5.97. The van der Waals surface area contributed by atoms with Crippen molar-refractivity contribution in [3.63, 3.8) is 0 Å². The minimum Gasteiger partial charge on any atom is -0.369 e. The van der Waals surface area contributed by atoms with Crippen molar-refractivity contribution >= 4 is 5.69 Å². The Morgan fingerprint density at radius 2 is 2.28 bits per heavy atom. The van der Waals surface area contributed by atoms with Crippen molar-refractivity contribution < 1.29 is 0 Å². The van der Waals surface area contributed by atoms with E-state index in [4.69, 9.17) is 0 Å². The lowest BCUT2D eigenvalue weighted by atomic mass is 9.84. The van der Waals surface area contributed by atoms with E-state index in [0.29, 0.717) is 5.41 Å². The normalized spacial score (nSPS) is 18.9. The molecule has 1 aliphatic heterocycles. The average Bonchev–Trinajstić information content (AvgIpc) is 2.35. The first-order valence-corrected chi connectivity index (χ1v) is 7.01. The first-order chi connectivity index (χ1) is 8.62. The molecule has 0 atom stereocenters. The van der Waals surface area contributed by atoms with Gasteiger partial charge in [-0.25, -0.2) is 0 Å². The van der Waals surface area contributed by atoms with Gasteiger partial charge in [0.1, 0.15) is 0 Å². The lowest BCUT2D eigenvalue weighted by Crippen LogP contribution is -2.40. The van der Waals surface area contributed by atoms with Gasteiger partial charge in [0.15, 0.2) is 0 Å². The molecule has 0 spiro atoms. The Bertz CT molecular complexity index is 387. The van der Waals surface area contributed by atoms with E-state index in [1.165, 1.54) is 24.1 Å². The number of rotatable bonds is 4. The van der Waals surface area contributed by atoms with E-state index in [-0.39, 0.29) is 0 Å². The highest BCUT2D eigenvalue weighted by molar-refractivity contribution is 5.52. The maximum Gasteiger partial charge on any atom is 0.0598 e. The Balaban J connectivity index is 2.16. The van der Waals surface area contributed by atoms with E-state index >= 15 is 0 Å². The zero-order chi connectivity index (χ0) is 13.0. The van der Waals surface area contributed by atoms with Crippen LogP contribution in [0.5, 0.6) is 0 Å². The Hall–Kier alpha value is -1.09. The Kier molecular flexibility index (Phi) is 4.23. The largest absolute Gasteiger partial charge is 0.369 e. The number of hydrogen-bond acceptors (Lipinski definition) is 3. The zero-order valence-electron chi connectivity index (χ0n) is 11.9. The van der Waals surface area contributed by atoms with Crippen LogP contribution in [0.1, 0.15) is 39.2 Å². The lowest BCUT2D eigenvalue weighted by Gasteiger charge is -2.40. The van der Waals surface area contributed by atoms with Gasteiger partial charge in [0.05, 0.1) is 11.9 Å². The van der Waals surface area contributed by atoms with Gasteiger partial charge in [-0.15, -0.1) is 0 Å². The molecule has 1 saturated heterocycles. The predicted molar refractivity (Wildman–Crippen MR) is 76.8 cm³/mol. The molecule has 0 saturated carbocycles. The molecule has 1 aliphatic rings. The van der Waals surface area contributed by atoms with Crippen LogP contribution < -0.4 is 10.2 Å². The summed E-state index contributed by atoms with van der Waals surface area (Å²) in [5.41, 5.74) is 3.10. The van der Waals surface area contributed by atoms with Crippen LogP contribution in [-0.2, 0) is 6.54 Å². The molecule has 0 aromatic carbocycles. The second-order valence-corrected chi connectivity index (χ2v) is 5.97. The molecule has 1 N–H and O–H groups in total. The average molecular weight is 247 g/mol. The van der Waals surface area contributed by atoms with Crippen molar-refractivity contribution in [2.75, 3.05) is 24.5 Å². The lowest BCUT2D eigenvalue weighted by molar-refractivity contribution is 0.292. The monoisotopic (exact) mass is 247 g/mol. The van der Waals surface area contributed by atoms with Gasteiger partial charge in [0.2, 0.25) is 0 Å². The van der Waals surface area contributed by atoms with Gasteiger partial charge < -0.3 is 10.2 Å². The molecular formula is C15H25N3. The van der Waals surface area contributed by atoms with Gasteiger partial charge in [-0.05, 0) is 36.4 Å². The highest BCUT2D eigenvalue weighted by Crippen LogP contribution is 2.32. The van der Waals surface area contributed by atoms with Crippen LogP contribution in [0, 0.1) is 5.41 Å². The summed E-state index contributed by atoms with van der Waals surface area (Å²) in [6.45, 7) is 11.1. The van der Waals surface area contributed by atoms with Crippen molar-refractivity contribution in [1.29, 1.82) is 0 Å². The second kappa shape index (κ2) is 5.70. The Morgan fingerprint density at radius 1 is 1.44 bits per heavy atom. The fourth-order valence-corrected chi connectivity index (χ4v) is 2.74. The number of nitrogens with one attached hydrogen (secondary N) is 1. The van der Waals surface area contributed by atoms with Crippen molar-refractivity contribution in [2.45, 2.75) is 40.2 Å². The SMILES string of the molecule is CCNCc1ccncc1N1CCCC(C)(C)C1. The third kappa shape index (κ3) is 3.22. The van der Waals surface area contributed by atoms with Gasteiger partial charge in [-0.2, -0.15) is 0 Å². The summed E-state index contributed by atoms with van der Waals surface area (Å²) in [5.74, 6) is 0. The molecule has 3 nitrogen and oxygen atoms in total. The predicted octanol–water partition coefficient (Wildman–Crippen LogP) is 2.82. The summed E-state index contributed by atoms with van der Waals surface area (Å²) in [5, 5.41) is 3.41. The van der Waals surface area contributed by atoms with E-state index in [9.17, 15) is 0 Å². The molecule has 0 unspecified atom stereocenters. The summed E-state index contributed by atoms with van der Waals surface area (Å²) in [6, 6.07) is 2.14. The van der Waals surface area contributed by atoms with E-state index in [1.807, 2.05) is 12.4 Å². The van der Waals surface area contributed by atoms with Crippen LogP contribution in [0.15, 0.2) is 18.5 Å². The van der Waals surface area contributed by atoms with Gasteiger partial charge in [-0.3, -0.25) is 4.98 Å². The van der Waals surface area contributed by atoms with Crippen LogP contribution in [0.4, 0.5) is 5.69 Å². The maximum absolute atomic E-state index is 4.31. The molecule has 0 bridgehead atoms. The van der Waals surface area contributed by atoms with E-state index in [1.54, 1.807) is 0 Å². The van der Waals surface area contributed by atoms with Crippen LogP contribution in [0.3, 0.4) is 0 Å². The molecule has 0 radical (unpaired) electrons. The van der Waals surface area contributed by atoms with Crippen molar-refractivity contribution in [1.82, 2.24) is 10.3 Å². The molecule has 3 heteroatoms. The molecule has 100 valence electrons. The number of aromatic nitrogens is 1. The van der Waals surface area contributed by atoms with Gasteiger partial charge in [0.25, 0.3) is 0 Å². The van der Waals surface area contributed by atoms with Gasteiger partial charge in [0, 0.05) is 25.8 Å². The fourth-order valence-electron chi connectivity index (χ4n) is 2.74. The number of piperidine rings is 1. The van der Waals surface area contributed by atoms with E-state index < -0.39 is 0 Å². The molecule has 0 aliphatic carbocycles. The summed E-state index contributed by atoms with van der Waals surface area (Å²) >= 11 is 0.